The minimum Gasteiger partial charge on any atom is -0.466 e. The van der Waals surface area contributed by atoms with Gasteiger partial charge >= 0.3 is 17.9 Å². The van der Waals surface area contributed by atoms with E-state index in [0.717, 1.165) is 19.3 Å². The maximum absolute atomic E-state index is 12.2. The van der Waals surface area contributed by atoms with Crippen LogP contribution in [0.1, 0.15) is 72.1 Å². The van der Waals surface area contributed by atoms with Crippen molar-refractivity contribution in [3.05, 3.63) is 0 Å². The van der Waals surface area contributed by atoms with Gasteiger partial charge in [-0.3, -0.25) is 9.59 Å². The molecule has 0 aromatic rings. The third-order valence-corrected chi connectivity index (χ3v) is 3.51. The maximum atomic E-state index is 12.2. The van der Waals surface area contributed by atoms with Crippen LogP contribution in [0.5, 0.6) is 0 Å². The fourth-order valence-corrected chi connectivity index (χ4v) is 1.89. The number of esters is 3. The third-order valence-electron chi connectivity index (χ3n) is 3.51. The molecule has 0 bridgehead atoms. The second-order valence-corrected chi connectivity index (χ2v) is 6.02. The molecule has 0 aromatic carbocycles. The predicted octanol–water partition coefficient (Wildman–Crippen LogP) is 1.70. The summed E-state index contributed by atoms with van der Waals surface area (Å²) >= 11 is 0. The lowest BCUT2D eigenvalue weighted by Crippen LogP contribution is -2.45. The minimum absolute atomic E-state index is 0. The highest BCUT2D eigenvalue weighted by Crippen LogP contribution is 2.20. The summed E-state index contributed by atoms with van der Waals surface area (Å²) in [5, 5.41) is 10.6. The van der Waals surface area contributed by atoms with Crippen molar-refractivity contribution >= 4 is 17.9 Å². The predicted molar refractivity (Wildman–Crippen MR) is 95.4 cm³/mol. The van der Waals surface area contributed by atoms with E-state index in [9.17, 15) is 19.5 Å². The number of rotatable bonds is 14. The molecule has 0 atom stereocenters. The van der Waals surface area contributed by atoms with Crippen molar-refractivity contribution in [3.8, 4) is 0 Å². The van der Waals surface area contributed by atoms with E-state index in [4.69, 9.17) is 14.2 Å². The Labute approximate surface area is 155 Å². The molecule has 26 heavy (non-hydrogen) atoms. The summed E-state index contributed by atoms with van der Waals surface area (Å²) < 4.78 is 14.9. The Balaban J connectivity index is 0. The van der Waals surface area contributed by atoms with E-state index in [0.29, 0.717) is 19.3 Å². The Morgan fingerprint density at radius 3 is 1.42 bits per heavy atom. The lowest BCUT2D eigenvalue weighted by atomic mass is 9.95. The number of ether oxygens (including phenoxy) is 3. The first kappa shape index (κ1) is 26.6. The molecule has 8 heteroatoms. The van der Waals surface area contributed by atoms with Gasteiger partial charge in [-0.1, -0.05) is 40.0 Å². The van der Waals surface area contributed by atoms with Crippen LogP contribution < -0.4 is 0 Å². The van der Waals surface area contributed by atoms with Gasteiger partial charge in [0.15, 0.2) is 5.60 Å². The molecule has 154 valence electrons. The average molecular weight is 378 g/mol. The van der Waals surface area contributed by atoms with Crippen LogP contribution in [0.4, 0.5) is 0 Å². The summed E-state index contributed by atoms with van der Waals surface area (Å²) in [5.74, 6) is -2.49. The molecule has 0 heterocycles. The number of hydrogen-bond donors (Lipinski definition) is 1. The molecule has 3 N–H and O–H groups in total. The van der Waals surface area contributed by atoms with Gasteiger partial charge in [-0.05, 0) is 19.3 Å². The van der Waals surface area contributed by atoms with Gasteiger partial charge in [0, 0.05) is 0 Å². The normalized spacial score (nSPS) is 10.6. The molecular weight excluding hydrogens is 344 g/mol. The monoisotopic (exact) mass is 378 g/mol. The van der Waals surface area contributed by atoms with E-state index < -0.39 is 36.4 Å². The van der Waals surface area contributed by atoms with E-state index in [1.165, 1.54) is 0 Å². The van der Waals surface area contributed by atoms with Gasteiger partial charge < -0.3 is 24.8 Å². The van der Waals surface area contributed by atoms with Crippen LogP contribution in [0.2, 0.25) is 0 Å². The van der Waals surface area contributed by atoms with Crippen LogP contribution >= 0.6 is 0 Å². The number of carbonyl (C=O) groups excluding carboxylic acids is 3. The molecule has 0 aromatic heterocycles. The van der Waals surface area contributed by atoms with E-state index in [1.807, 2.05) is 20.8 Å². The Bertz CT molecular complexity index is 384. The Kier molecular flexibility index (Phi) is 15.9. The molecule has 0 rings (SSSR count). The van der Waals surface area contributed by atoms with Gasteiger partial charge in [0.2, 0.25) is 0 Å². The molecule has 0 amide bonds. The zero-order valence-corrected chi connectivity index (χ0v) is 16.2. The molecular formula is C18H34O8. The first-order valence-electron chi connectivity index (χ1n) is 9.10. The van der Waals surface area contributed by atoms with E-state index >= 15 is 0 Å². The molecule has 0 aliphatic heterocycles. The smallest absolute Gasteiger partial charge is 0.339 e. The van der Waals surface area contributed by atoms with Gasteiger partial charge in [-0.2, -0.15) is 0 Å². The van der Waals surface area contributed by atoms with Crippen molar-refractivity contribution in [3.63, 3.8) is 0 Å². The van der Waals surface area contributed by atoms with E-state index in [1.54, 1.807) is 0 Å². The van der Waals surface area contributed by atoms with Gasteiger partial charge in [0.05, 0.1) is 32.7 Å². The molecule has 0 saturated carbocycles. The molecule has 0 fully saturated rings. The van der Waals surface area contributed by atoms with Gasteiger partial charge in [0.1, 0.15) is 0 Å². The lowest BCUT2D eigenvalue weighted by molar-refractivity contribution is -0.178. The van der Waals surface area contributed by atoms with Crippen molar-refractivity contribution < 1.29 is 39.2 Å². The molecule has 0 radical (unpaired) electrons. The highest BCUT2D eigenvalue weighted by atomic mass is 16.6. The fourth-order valence-electron chi connectivity index (χ4n) is 1.89. The summed E-state index contributed by atoms with van der Waals surface area (Å²) in [4.78, 5) is 35.9. The number of hydrogen-bond acceptors (Lipinski definition) is 7. The summed E-state index contributed by atoms with van der Waals surface area (Å²) in [7, 11) is 0. The lowest BCUT2D eigenvalue weighted by Gasteiger charge is -2.24. The minimum atomic E-state index is -2.26. The van der Waals surface area contributed by atoms with Crippen LogP contribution in [0.3, 0.4) is 0 Å². The van der Waals surface area contributed by atoms with Crippen LogP contribution in [0, 0.1) is 0 Å². The van der Waals surface area contributed by atoms with Crippen molar-refractivity contribution in [1.29, 1.82) is 0 Å². The number of aliphatic hydroxyl groups is 1. The Morgan fingerprint density at radius 2 is 1.08 bits per heavy atom. The Morgan fingerprint density at radius 1 is 0.731 bits per heavy atom. The van der Waals surface area contributed by atoms with Crippen LogP contribution in [0.25, 0.3) is 0 Å². The summed E-state index contributed by atoms with van der Waals surface area (Å²) in [5.41, 5.74) is -2.26. The second kappa shape index (κ2) is 15.6. The van der Waals surface area contributed by atoms with Gasteiger partial charge in [0.25, 0.3) is 0 Å². The maximum Gasteiger partial charge on any atom is 0.339 e. The van der Waals surface area contributed by atoms with E-state index in [2.05, 4.69) is 0 Å². The second-order valence-electron chi connectivity index (χ2n) is 6.02. The highest BCUT2D eigenvalue weighted by molar-refractivity contribution is 5.90. The van der Waals surface area contributed by atoms with Gasteiger partial charge in [-0.15, -0.1) is 0 Å². The van der Waals surface area contributed by atoms with Crippen LogP contribution in [-0.4, -0.2) is 53.9 Å². The quantitative estimate of drug-likeness (QED) is 0.276. The highest BCUT2D eigenvalue weighted by Gasteiger charge is 2.43. The molecule has 0 saturated heterocycles. The Hall–Kier alpha value is -1.67. The van der Waals surface area contributed by atoms with Crippen molar-refractivity contribution in [2.45, 2.75) is 77.7 Å². The first-order chi connectivity index (χ1) is 11.9. The first-order valence-corrected chi connectivity index (χ1v) is 9.10. The number of unbranched alkanes of at least 4 members (excludes halogenated alkanes) is 3. The summed E-state index contributed by atoms with van der Waals surface area (Å²) in [6.45, 7) is 6.35. The molecule has 0 aliphatic carbocycles. The van der Waals surface area contributed by atoms with Gasteiger partial charge in [-0.25, -0.2) is 4.79 Å². The molecule has 8 nitrogen and oxygen atoms in total. The van der Waals surface area contributed by atoms with Crippen molar-refractivity contribution in [2.75, 3.05) is 19.8 Å². The SMILES string of the molecule is CCCCOC(=O)CC(O)(CC(=O)OCCCC)C(=O)OCCCC.O. The van der Waals surface area contributed by atoms with Crippen LogP contribution in [0.15, 0.2) is 0 Å². The standard InChI is InChI=1S/C18H32O7.H2O/c1-4-7-10-23-15(19)13-18(22,17(21)25-12-9-6-3)14-16(20)24-11-8-5-2;/h22H,4-14H2,1-3H3;1H2. The van der Waals surface area contributed by atoms with Crippen LogP contribution in [-0.2, 0) is 28.6 Å². The number of carbonyl (C=O) groups is 3. The molecule has 0 spiro atoms. The zero-order valence-electron chi connectivity index (χ0n) is 16.2. The average Bonchev–Trinajstić information content (AvgIpc) is 2.55. The van der Waals surface area contributed by atoms with E-state index in [-0.39, 0.29) is 25.3 Å². The fraction of sp³-hybridized carbons (Fsp3) is 0.833. The third kappa shape index (κ3) is 11.8. The largest absolute Gasteiger partial charge is 0.466 e. The molecule has 0 unspecified atom stereocenters. The van der Waals surface area contributed by atoms with Crippen molar-refractivity contribution in [2.24, 2.45) is 0 Å². The topological polar surface area (TPSA) is 131 Å². The summed E-state index contributed by atoms with van der Waals surface area (Å²) in [6, 6.07) is 0. The zero-order chi connectivity index (χ0) is 19.1. The summed E-state index contributed by atoms with van der Waals surface area (Å²) in [6.07, 6.45) is 3.23. The molecule has 0 aliphatic rings. The van der Waals surface area contributed by atoms with Crippen molar-refractivity contribution in [1.82, 2.24) is 0 Å².